The molecule has 1 heterocycles. The van der Waals surface area contributed by atoms with E-state index in [4.69, 9.17) is 10.5 Å². The maximum Gasteiger partial charge on any atom is 0.358 e. The van der Waals surface area contributed by atoms with Crippen molar-refractivity contribution >= 4 is 11.7 Å². The normalized spacial score (nSPS) is 16.4. The molecule has 5 heteroatoms. The molecule has 1 aromatic heterocycles. The summed E-state index contributed by atoms with van der Waals surface area (Å²) in [6.07, 6.45) is 0.962. The van der Waals surface area contributed by atoms with Gasteiger partial charge in [-0.3, -0.25) is 4.68 Å². The predicted molar refractivity (Wildman–Crippen MR) is 75.5 cm³/mol. The third-order valence-corrected chi connectivity index (χ3v) is 3.84. The predicted octanol–water partition coefficient (Wildman–Crippen LogP) is 1.81. The minimum atomic E-state index is -0.407. The molecule has 0 spiro atoms. The molecule has 0 aliphatic heterocycles. The van der Waals surface area contributed by atoms with Gasteiger partial charge in [0.05, 0.1) is 18.0 Å². The molecule has 2 aromatic rings. The third-order valence-electron chi connectivity index (χ3n) is 3.84. The Morgan fingerprint density at radius 3 is 2.90 bits per heavy atom. The van der Waals surface area contributed by atoms with Crippen LogP contribution in [0.4, 0.5) is 5.69 Å². The van der Waals surface area contributed by atoms with Gasteiger partial charge in [0, 0.05) is 13.0 Å². The lowest BCUT2D eigenvalue weighted by atomic mass is 9.78. The largest absolute Gasteiger partial charge is 0.460 e. The fourth-order valence-corrected chi connectivity index (χ4v) is 2.67. The molecule has 1 atom stereocenters. The van der Waals surface area contributed by atoms with E-state index in [0.717, 1.165) is 6.42 Å². The topological polar surface area (TPSA) is 70.1 Å². The molecular weight excluding hydrogens is 254 g/mol. The summed E-state index contributed by atoms with van der Waals surface area (Å²) in [5.74, 6) is -0.110. The summed E-state index contributed by atoms with van der Waals surface area (Å²) in [6.45, 7) is 2.16. The average Bonchev–Trinajstić information content (AvgIpc) is 2.64. The van der Waals surface area contributed by atoms with Crippen LogP contribution in [0.2, 0.25) is 0 Å². The molecule has 0 amide bonds. The summed E-state index contributed by atoms with van der Waals surface area (Å²) < 4.78 is 6.86. The number of carbonyl (C=O) groups is 1. The molecule has 0 saturated heterocycles. The number of carbonyl (C=O) groups excluding carboxylic acids is 1. The molecule has 104 valence electrons. The number of hydrogen-bond donors (Lipinski definition) is 1. The second-order valence-electron chi connectivity index (χ2n) is 5.17. The first-order chi connectivity index (χ1) is 9.58. The SMILES string of the molecule is Cc1nn(C)c(C(=O)OCC2Cc3ccccc32)c1N. The maximum atomic E-state index is 12.1. The number of rotatable bonds is 3. The van der Waals surface area contributed by atoms with E-state index in [1.165, 1.54) is 15.8 Å². The van der Waals surface area contributed by atoms with Crippen molar-refractivity contribution in [3.8, 4) is 0 Å². The molecule has 0 bridgehead atoms. The van der Waals surface area contributed by atoms with Gasteiger partial charge in [0.2, 0.25) is 0 Å². The molecule has 1 aliphatic rings. The molecule has 0 saturated carbocycles. The van der Waals surface area contributed by atoms with Gasteiger partial charge in [-0.2, -0.15) is 5.10 Å². The summed E-state index contributed by atoms with van der Waals surface area (Å²) >= 11 is 0. The summed E-state index contributed by atoms with van der Waals surface area (Å²) in [6, 6.07) is 8.23. The number of aromatic nitrogens is 2. The van der Waals surface area contributed by atoms with Crippen molar-refractivity contribution in [3.05, 3.63) is 46.8 Å². The van der Waals surface area contributed by atoms with Crippen LogP contribution in [0.15, 0.2) is 24.3 Å². The Morgan fingerprint density at radius 2 is 2.25 bits per heavy atom. The molecule has 1 aliphatic carbocycles. The number of nitrogen functional groups attached to an aromatic ring is 1. The first-order valence-electron chi connectivity index (χ1n) is 6.62. The molecule has 1 unspecified atom stereocenters. The number of anilines is 1. The minimum Gasteiger partial charge on any atom is -0.460 e. The van der Waals surface area contributed by atoms with Gasteiger partial charge in [0.25, 0.3) is 0 Å². The highest BCUT2D eigenvalue weighted by Crippen LogP contribution is 2.35. The van der Waals surface area contributed by atoms with Crippen molar-refractivity contribution in [1.82, 2.24) is 9.78 Å². The molecule has 0 fully saturated rings. The Bertz CT molecular complexity index is 676. The standard InChI is InChI=1S/C15H17N3O2/c1-9-13(16)14(18(2)17-9)15(19)20-8-11-7-10-5-3-4-6-12(10)11/h3-6,11H,7-8,16H2,1-2H3. The second-order valence-corrected chi connectivity index (χ2v) is 5.17. The van der Waals surface area contributed by atoms with Crippen LogP contribution in [-0.4, -0.2) is 22.4 Å². The van der Waals surface area contributed by atoms with E-state index in [-0.39, 0.29) is 0 Å². The number of hydrogen-bond acceptors (Lipinski definition) is 4. The number of esters is 1. The van der Waals surface area contributed by atoms with Crippen molar-refractivity contribution < 1.29 is 9.53 Å². The van der Waals surface area contributed by atoms with Crippen LogP contribution >= 0.6 is 0 Å². The Kier molecular flexibility index (Phi) is 2.97. The van der Waals surface area contributed by atoms with Crippen LogP contribution < -0.4 is 5.73 Å². The van der Waals surface area contributed by atoms with E-state index >= 15 is 0 Å². The first-order valence-corrected chi connectivity index (χ1v) is 6.62. The van der Waals surface area contributed by atoms with Gasteiger partial charge in [0.15, 0.2) is 5.69 Å². The van der Waals surface area contributed by atoms with E-state index in [2.05, 4.69) is 17.2 Å². The molecule has 2 N–H and O–H groups in total. The van der Waals surface area contributed by atoms with Gasteiger partial charge >= 0.3 is 5.97 Å². The Balaban J connectivity index is 1.67. The molecule has 3 rings (SSSR count). The highest BCUT2D eigenvalue weighted by atomic mass is 16.5. The number of aryl methyl sites for hydroxylation is 2. The monoisotopic (exact) mass is 271 g/mol. The summed E-state index contributed by atoms with van der Waals surface area (Å²) in [5.41, 5.74) is 9.83. The van der Waals surface area contributed by atoms with Crippen LogP contribution in [0, 0.1) is 6.92 Å². The van der Waals surface area contributed by atoms with E-state index in [1.807, 2.05) is 12.1 Å². The van der Waals surface area contributed by atoms with E-state index < -0.39 is 5.97 Å². The zero-order chi connectivity index (χ0) is 14.3. The summed E-state index contributed by atoms with van der Waals surface area (Å²) in [7, 11) is 1.69. The lowest BCUT2D eigenvalue weighted by Crippen LogP contribution is -2.24. The van der Waals surface area contributed by atoms with Gasteiger partial charge < -0.3 is 10.5 Å². The van der Waals surface area contributed by atoms with Gasteiger partial charge in [-0.1, -0.05) is 24.3 Å². The smallest absolute Gasteiger partial charge is 0.358 e. The average molecular weight is 271 g/mol. The molecule has 0 radical (unpaired) electrons. The van der Waals surface area contributed by atoms with Gasteiger partial charge in [-0.25, -0.2) is 4.79 Å². The molecule has 5 nitrogen and oxygen atoms in total. The van der Waals surface area contributed by atoms with Crippen LogP contribution in [-0.2, 0) is 18.2 Å². The van der Waals surface area contributed by atoms with Gasteiger partial charge in [-0.15, -0.1) is 0 Å². The van der Waals surface area contributed by atoms with Gasteiger partial charge in [-0.05, 0) is 24.5 Å². The van der Waals surface area contributed by atoms with Crippen molar-refractivity contribution in [1.29, 1.82) is 0 Å². The Hall–Kier alpha value is -2.30. The van der Waals surface area contributed by atoms with Crippen molar-refractivity contribution in [2.24, 2.45) is 7.05 Å². The Labute approximate surface area is 117 Å². The number of nitrogens with two attached hydrogens (primary N) is 1. The van der Waals surface area contributed by atoms with Crippen molar-refractivity contribution in [2.45, 2.75) is 19.3 Å². The van der Waals surface area contributed by atoms with Crippen LogP contribution in [0.3, 0.4) is 0 Å². The lowest BCUT2D eigenvalue weighted by Gasteiger charge is -2.29. The Morgan fingerprint density at radius 1 is 1.50 bits per heavy atom. The zero-order valence-electron chi connectivity index (χ0n) is 11.6. The van der Waals surface area contributed by atoms with E-state index in [0.29, 0.717) is 29.6 Å². The molecule has 1 aromatic carbocycles. The fourth-order valence-electron chi connectivity index (χ4n) is 2.67. The van der Waals surface area contributed by atoms with Crippen molar-refractivity contribution in [3.63, 3.8) is 0 Å². The number of benzene rings is 1. The number of ether oxygens (including phenoxy) is 1. The number of fused-ring (bicyclic) bond motifs is 1. The quantitative estimate of drug-likeness (QED) is 0.864. The number of nitrogens with zero attached hydrogens (tertiary/aromatic N) is 2. The summed E-state index contributed by atoms with van der Waals surface area (Å²) in [4.78, 5) is 12.1. The maximum absolute atomic E-state index is 12.1. The fraction of sp³-hybridized carbons (Fsp3) is 0.333. The van der Waals surface area contributed by atoms with Crippen LogP contribution in [0.1, 0.15) is 33.2 Å². The molecule has 20 heavy (non-hydrogen) atoms. The minimum absolute atomic E-state index is 0.297. The zero-order valence-corrected chi connectivity index (χ0v) is 11.6. The third kappa shape index (κ3) is 1.95. The van der Waals surface area contributed by atoms with Crippen LogP contribution in [0.5, 0.6) is 0 Å². The van der Waals surface area contributed by atoms with Crippen LogP contribution in [0.25, 0.3) is 0 Å². The lowest BCUT2D eigenvalue weighted by molar-refractivity contribution is 0.0458. The second kappa shape index (κ2) is 4.67. The van der Waals surface area contributed by atoms with Crippen molar-refractivity contribution in [2.75, 3.05) is 12.3 Å². The van der Waals surface area contributed by atoms with Gasteiger partial charge in [0.1, 0.15) is 0 Å². The highest BCUT2D eigenvalue weighted by molar-refractivity contribution is 5.93. The first kappa shape index (κ1) is 12.7. The summed E-state index contributed by atoms with van der Waals surface area (Å²) in [5, 5.41) is 4.12. The van der Waals surface area contributed by atoms with E-state index in [1.54, 1.807) is 14.0 Å². The molecular formula is C15H17N3O2. The highest BCUT2D eigenvalue weighted by Gasteiger charge is 2.28. The van der Waals surface area contributed by atoms with E-state index in [9.17, 15) is 4.79 Å².